The Morgan fingerprint density at radius 3 is 2.72 bits per heavy atom. The number of carbonyl (C=O) groups excluding carboxylic acids is 2. The third kappa shape index (κ3) is 3.95. The molecule has 6 nitrogen and oxygen atoms in total. The number of nitrogens with two attached hydrogens (primary N) is 1. The van der Waals surface area contributed by atoms with Crippen molar-refractivity contribution < 1.29 is 14.3 Å². The van der Waals surface area contributed by atoms with E-state index in [1.54, 1.807) is 24.3 Å². The molecule has 6 heteroatoms. The number of primary amides is 1. The van der Waals surface area contributed by atoms with E-state index in [-0.39, 0.29) is 5.41 Å². The highest BCUT2D eigenvalue weighted by atomic mass is 16.5. The van der Waals surface area contributed by atoms with Gasteiger partial charge in [-0.15, -0.1) is 0 Å². The number of hydrogen-bond donors (Lipinski definition) is 1. The minimum atomic E-state index is -0.433. The van der Waals surface area contributed by atoms with Crippen molar-refractivity contribution in [2.45, 2.75) is 25.7 Å². The zero-order valence-corrected chi connectivity index (χ0v) is 14.9. The van der Waals surface area contributed by atoms with Gasteiger partial charge in [-0.3, -0.25) is 9.59 Å². The molecule has 2 aliphatic heterocycles. The van der Waals surface area contributed by atoms with Crippen LogP contribution in [0.2, 0.25) is 0 Å². The Labute approximate surface area is 148 Å². The Bertz CT molecular complexity index is 631. The first-order valence-corrected chi connectivity index (χ1v) is 9.01. The Hall–Kier alpha value is -2.08. The van der Waals surface area contributed by atoms with Gasteiger partial charge in [0.2, 0.25) is 11.8 Å². The number of nitrogens with zero attached hydrogens (tertiary/aromatic N) is 2. The van der Waals surface area contributed by atoms with Crippen LogP contribution in [-0.2, 0) is 4.79 Å². The van der Waals surface area contributed by atoms with Crippen LogP contribution in [0.25, 0.3) is 0 Å². The molecule has 0 aliphatic carbocycles. The molecule has 2 N–H and O–H groups in total. The summed E-state index contributed by atoms with van der Waals surface area (Å²) in [5.74, 6) is 0.636. The van der Waals surface area contributed by atoms with Crippen LogP contribution in [0.3, 0.4) is 0 Å². The average Bonchev–Trinajstić information content (AvgIpc) is 3.01. The summed E-state index contributed by atoms with van der Waals surface area (Å²) in [5.41, 5.74) is 5.56. The number of carbonyl (C=O) groups is 2. The van der Waals surface area contributed by atoms with Crippen LogP contribution in [-0.4, -0.2) is 61.4 Å². The summed E-state index contributed by atoms with van der Waals surface area (Å²) < 4.78 is 5.72. The number of hydrogen-bond acceptors (Lipinski definition) is 4. The van der Waals surface area contributed by atoms with Crippen molar-refractivity contribution in [2.24, 2.45) is 11.1 Å². The standard InChI is InChI=1S/C19H27N3O3/c1-21-10-2-8-19(18(21)24)9-12-22(14-19)11-3-13-25-16-6-4-15(5-7-16)17(20)23/h4-7H,2-3,8-14H2,1H3,(H2,20,23)/t19-/m0/s1. The molecule has 1 atom stereocenters. The first-order chi connectivity index (χ1) is 12.0. The van der Waals surface area contributed by atoms with Gasteiger partial charge in [-0.2, -0.15) is 0 Å². The van der Waals surface area contributed by atoms with E-state index in [1.165, 1.54) is 0 Å². The van der Waals surface area contributed by atoms with E-state index in [4.69, 9.17) is 10.5 Å². The number of amides is 2. The zero-order valence-electron chi connectivity index (χ0n) is 14.9. The first kappa shape index (κ1) is 17.7. The molecule has 1 spiro atoms. The van der Waals surface area contributed by atoms with Gasteiger partial charge in [-0.25, -0.2) is 0 Å². The lowest BCUT2D eigenvalue weighted by molar-refractivity contribution is -0.143. The quantitative estimate of drug-likeness (QED) is 0.793. The lowest BCUT2D eigenvalue weighted by Crippen LogP contribution is -2.48. The Kier molecular flexibility index (Phi) is 5.27. The van der Waals surface area contributed by atoms with E-state index in [0.29, 0.717) is 18.1 Å². The summed E-state index contributed by atoms with van der Waals surface area (Å²) in [6.45, 7) is 4.32. The van der Waals surface area contributed by atoms with Crippen LogP contribution in [0.15, 0.2) is 24.3 Å². The molecule has 2 amide bonds. The van der Waals surface area contributed by atoms with Crippen LogP contribution in [0.4, 0.5) is 0 Å². The number of piperidine rings is 1. The highest BCUT2D eigenvalue weighted by molar-refractivity contribution is 5.92. The predicted molar refractivity (Wildman–Crippen MR) is 95.4 cm³/mol. The summed E-state index contributed by atoms with van der Waals surface area (Å²) >= 11 is 0. The van der Waals surface area contributed by atoms with Crippen LogP contribution in [0.1, 0.15) is 36.0 Å². The third-order valence-electron chi connectivity index (χ3n) is 5.41. The second kappa shape index (κ2) is 7.44. The molecule has 1 aromatic carbocycles. The monoisotopic (exact) mass is 345 g/mol. The largest absolute Gasteiger partial charge is 0.494 e. The van der Waals surface area contributed by atoms with Crippen molar-refractivity contribution >= 4 is 11.8 Å². The van der Waals surface area contributed by atoms with E-state index < -0.39 is 5.91 Å². The maximum Gasteiger partial charge on any atom is 0.248 e. The molecule has 2 fully saturated rings. The number of likely N-dealkylation sites (tertiary alicyclic amines) is 2. The predicted octanol–water partition coefficient (Wildman–Crippen LogP) is 1.50. The fourth-order valence-corrected chi connectivity index (χ4v) is 3.99. The van der Waals surface area contributed by atoms with E-state index in [9.17, 15) is 9.59 Å². The van der Waals surface area contributed by atoms with Gasteiger partial charge in [0.15, 0.2) is 0 Å². The Morgan fingerprint density at radius 2 is 2.00 bits per heavy atom. The lowest BCUT2D eigenvalue weighted by atomic mass is 9.78. The number of benzene rings is 1. The molecule has 0 radical (unpaired) electrons. The Morgan fingerprint density at radius 1 is 1.24 bits per heavy atom. The summed E-state index contributed by atoms with van der Waals surface area (Å²) in [4.78, 5) is 27.8. The van der Waals surface area contributed by atoms with Gasteiger partial charge in [0.05, 0.1) is 12.0 Å². The third-order valence-corrected chi connectivity index (χ3v) is 5.41. The molecule has 0 bridgehead atoms. The molecule has 0 unspecified atom stereocenters. The summed E-state index contributed by atoms with van der Waals surface area (Å²) in [6, 6.07) is 6.88. The number of rotatable bonds is 6. The smallest absolute Gasteiger partial charge is 0.248 e. The highest BCUT2D eigenvalue weighted by Gasteiger charge is 2.47. The van der Waals surface area contributed by atoms with Crippen molar-refractivity contribution in [3.05, 3.63) is 29.8 Å². The fourth-order valence-electron chi connectivity index (χ4n) is 3.99. The highest BCUT2D eigenvalue weighted by Crippen LogP contribution is 2.39. The second-order valence-electron chi connectivity index (χ2n) is 7.23. The molecule has 2 heterocycles. The molecular formula is C19H27N3O3. The van der Waals surface area contributed by atoms with E-state index in [0.717, 1.165) is 57.6 Å². The molecule has 2 saturated heterocycles. The molecule has 0 saturated carbocycles. The number of ether oxygens (including phenoxy) is 1. The molecule has 2 aliphatic rings. The van der Waals surface area contributed by atoms with Crippen molar-refractivity contribution in [3.8, 4) is 5.75 Å². The minimum Gasteiger partial charge on any atom is -0.494 e. The van der Waals surface area contributed by atoms with Gasteiger partial charge in [0, 0.05) is 32.2 Å². The minimum absolute atomic E-state index is 0.140. The van der Waals surface area contributed by atoms with E-state index in [1.807, 2.05) is 11.9 Å². The second-order valence-corrected chi connectivity index (χ2v) is 7.23. The van der Waals surface area contributed by atoms with Gasteiger partial charge < -0.3 is 20.3 Å². The van der Waals surface area contributed by atoms with E-state index >= 15 is 0 Å². The lowest BCUT2D eigenvalue weighted by Gasteiger charge is -2.37. The molecule has 3 rings (SSSR count). The molecule has 25 heavy (non-hydrogen) atoms. The van der Waals surface area contributed by atoms with E-state index in [2.05, 4.69) is 4.90 Å². The van der Waals surface area contributed by atoms with Crippen LogP contribution in [0.5, 0.6) is 5.75 Å². The van der Waals surface area contributed by atoms with Crippen molar-refractivity contribution in [1.29, 1.82) is 0 Å². The van der Waals surface area contributed by atoms with Gasteiger partial charge in [0.25, 0.3) is 0 Å². The van der Waals surface area contributed by atoms with Gasteiger partial charge in [-0.1, -0.05) is 0 Å². The zero-order chi connectivity index (χ0) is 17.9. The van der Waals surface area contributed by atoms with Gasteiger partial charge >= 0.3 is 0 Å². The van der Waals surface area contributed by atoms with Crippen molar-refractivity contribution in [3.63, 3.8) is 0 Å². The average molecular weight is 345 g/mol. The van der Waals surface area contributed by atoms with Crippen molar-refractivity contribution in [1.82, 2.24) is 9.80 Å². The maximum absolute atomic E-state index is 12.5. The van der Waals surface area contributed by atoms with Crippen LogP contribution < -0.4 is 10.5 Å². The Balaban J connectivity index is 1.41. The summed E-state index contributed by atoms with van der Waals surface area (Å²) in [7, 11) is 1.92. The topological polar surface area (TPSA) is 75.9 Å². The molecule has 1 aromatic rings. The van der Waals surface area contributed by atoms with Crippen molar-refractivity contribution in [2.75, 3.05) is 39.8 Å². The van der Waals surface area contributed by atoms with Gasteiger partial charge in [-0.05, 0) is 56.5 Å². The SMILES string of the molecule is CN1CCC[C@@]2(CCN(CCCOc3ccc(C(N)=O)cc3)C2)C1=O. The molecule has 0 aromatic heterocycles. The van der Waals surface area contributed by atoms with Crippen LogP contribution in [0, 0.1) is 5.41 Å². The first-order valence-electron chi connectivity index (χ1n) is 9.01. The fraction of sp³-hybridized carbons (Fsp3) is 0.579. The van der Waals surface area contributed by atoms with Gasteiger partial charge in [0.1, 0.15) is 5.75 Å². The summed E-state index contributed by atoms with van der Waals surface area (Å²) in [5, 5.41) is 0. The molecule has 136 valence electrons. The normalized spacial score (nSPS) is 24.0. The molecular weight excluding hydrogens is 318 g/mol. The van der Waals surface area contributed by atoms with Crippen LogP contribution >= 0.6 is 0 Å². The maximum atomic E-state index is 12.5. The summed E-state index contributed by atoms with van der Waals surface area (Å²) in [6.07, 6.45) is 4.03.